The Balaban J connectivity index is 2.00. The Morgan fingerprint density at radius 1 is 1.10 bits per heavy atom. The molecule has 0 amide bonds. The van der Waals surface area contributed by atoms with E-state index in [1.165, 1.54) is 10.7 Å². The first-order valence-electron chi connectivity index (χ1n) is 6.30. The van der Waals surface area contributed by atoms with Gasteiger partial charge in [-0.05, 0) is 34.7 Å². The summed E-state index contributed by atoms with van der Waals surface area (Å²) in [5, 5.41) is 11.5. The molecule has 0 saturated heterocycles. The highest BCUT2D eigenvalue weighted by atomic mass is 19.1. The molecule has 0 saturated carbocycles. The normalized spacial score (nSPS) is 10.7. The fourth-order valence-corrected chi connectivity index (χ4v) is 2.08. The first-order valence-corrected chi connectivity index (χ1v) is 6.30. The van der Waals surface area contributed by atoms with Crippen LogP contribution in [0, 0.1) is 5.82 Å². The van der Waals surface area contributed by atoms with Gasteiger partial charge >= 0.3 is 0 Å². The van der Waals surface area contributed by atoms with Gasteiger partial charge in [-0.2, -0.15) is 0 Å². The molecule has 106 valence electrons. The van der Waals surface area contributed by atoms with Crippen LogP contribution in [0.2, 0.25) is 0 Å². The van der Waals surface area contributed by atoms with Crippen molar-refractivity contribution in [3.8, 4) is 11.4 Å². The molecule has 0 radical (unpaired) electrons. The lowest BCUT2D eigenvalue weighted by Crippen LogP contribution is -2.07. The molecule has 3 rings (SSSR count). The van der Waals surface area contributed by atoms with Crippen molar-refractivity contribution in [2.75, 3.05) is 11.5 Å². The third kappa shape index (κ3) is 2.53. The van der Waals surface area contributed by atoms with E-state index in [4.69, 9.17) is 11.5 Å². The van der Waals surface area contributed by atoms with Crippen LogP contribution in [-0.2, 0) is 6.54 Å². The molecule has 0 unspecified atom stereocenters. The van der Waals surface area contributed by atoms with Crippen molar-refractivity contribution in [3.05, 3.63) is 53.8 Å². The molecule has 4 N–H and O–H groups in total. The lowest BCUT2D eigenvalue weighted by atomic mass is 10.1. The van der Waals surface area contributed by atoms with Crippen LogP contribution in [0.15, 0.2) is 42.5 Å². The number of nitrogen functional groups attached to an aromatic ring is 2. The van der Waals surface area contributed by atoms with Gasteiger partial charge in [0.15, 0.2) is 5.82 Å². The number of benzene rings is 2. The Hall–Kier alpha value is -2.96. The summed E-state index contributed by atoms with van der Waals surface area (Å²) < 4.78 is 15.2. The number of hydrogen-bond donors (Lipinski definition) is 2. The minimum atomic E-state index is -0.302. The summed E-state index contributed by atoms with van der Waals surface area (Å²) in [7, 11) is 0. The van der Waals surface area contributed by atoms with Gasteiger partial charge in [-0.15, -0.1) is 5.10 Å². The Morgan fingerprint density at radius 2 is 1.90 bits per heavy atom. The van der Waals surface area contributed by atoms with E-state index in [2.05, 4.69) is 15.5 Å². The monoisotopic (exact) mass is 284 g/mol. The first kappa shape index (κ1) is 13.0. The summed E-state index contributed by atoms with van der Waals surface area (Å²) in [6, 6.07) is 11.6. The number of tetrazole rings is 1. The summed E-state index contributed by atoms with van der Waals surface area (Å²) in [6.07, 6.45) is 0. The molecule has 1 aromatic heterocycles. The molecule has 21 heavy (non-hydrogen) atoms. The average Bonchev–Trinajstić information content (AvgIpc) is 2.89. The van der Waals surface area contributed by atoms with Crippen LogP contribution < -0.4 is 11.5 Å². The first-order chi connectivity index (χ1) is 10.1. The molecule has 0 spiro atoms. The molecular weight excluding hydrogens is 271 g/mol. The fraction of sp³-hybridized carbons (Fsp3) is 0.0714. The van der Waals surface area contributed by atoms with Crippen LogP contribution in [0.4, 0.5) is 15.8 Å². The van der Waals surface area contributed by atoms with Gasteiger partial charge in [-0.3, -0.25) is 0 Å². The topological polar surface area (TPSA) is 95.6 Å². The van der Waals surface area contributed by atoms with Crippen molar-refractivity contribution >= 4 is 11.4 Å². The van der Waals surface area contributed by atoms with Gasteiger partial charge in [-0.1, -0.05) is 18.2 Å². The number of rotatable bonds is 3. The average molecular weight is 284 g/mol. The van der Waals surface area contributed by atoms with E-state index in [1.54, 1.807) is 36.4 Å². The minimum Gasteiger partial charge on any atom is -0.399 e. The largest absolute Gasteiger partial charge is 0.399 e. The van der Waals surface area contributed by atoms with Crippen LogP contribution in [0.5, 0.6) is 0 Å². The van der Waals surface area contributed by atoms with Crippen LogP contribution in [-0.4, -0.2) is 20.2 Å². The molecular formula is C14H13FN6. The standard InChI is InChI=1S/C14H13FN6/c15-12-4-2-1-3-9(12)8-21-14(18-19-20-21)11-6-5-10(16)7-13(11)17/h1-7H,8,16-17H2. The smallest absolute Gasteiger partial charge is 0.184 e. The Labute approximate surface area is 120 Å². The van der Waals surface area contributed by atoms with E-state index < -0.39 is 0 Å². The second-order valence-corrected chi connectivity index (χ2v) is 4.60. The quantitative estimate of drug-likeness (QED) is 0.713. The van der Waals surface area contributed by atoms with E-state index in [9.17, 15) is 4.39 Å². The van der Waals surface area contributed by atoms with Crippen molar-refractivity contribution in [1.29, 1.82) is 0 Å². The van der Waals surface area contributed by atoms with Gasteiger partial charge < -0.3 is 11.5 Å². The number of halogens is 1. The van der Waals surface area contributed by atoms with E-state index >= 15 is 0 Å². The third-order valence-corrected chi connectivity index (χ3v) is 3.13. The lowest BCUT2D eigenvalue weighted by molar-refractivity contribution is 0.579. The van der Waals surface area contributed by atoms with Crippen molar-refractivity contribution in [1.82, 2.24) is 20.2 Å². The summed E-state index contributed by atoms with van der Waals surface area (Å²) in [4.78, 5) is 0. The van der Waals surface area contributed by atoms with Crippen molar-refractivity contribution < 1.29 is 4.39 Å². The molecule has 3 aromatic rings. The summed E-state index contributed by atoms with van der Waals surface area (Å²) in [6.45, 7) is 0.221. The van der Waals surface area contributed by atoms with E-state index in [-0.39, 0.29) is 12.4 Å². The van der Waals surface area contributed by atoms with Crippen LogP contribution in [0.1, 0.15) is 5.56 Å². The highest BCUT2D eigenvalue weighted by Gasteiger charge is 2.13. The zero-order valence-electron chi connectivity index (χ0n) is 11.1. The van der Waals surface area contributed by atoms with E-state index in [0.717, 1.165) is 0 Å². The second-order valence-electron chi connectivity index (χ2n) is 4.60. The molecule has 1 heterocycles. The Kier molecular flexibility index (Phi) is 3.23. The predicted octanol–water partition coefficient (Wildman–Crippen LogP) is 1.69. The molecule has 0 aliphatic carbocycles. The van der Waals surface area contributed by atoms with Crippen LogP contribution in [0.3, 0.4) is 0 Å². The van der Waals surface area contributed by atoms with Gasteiger partial charge in [0, 0.05) is 22.5 Å². The van der Waals surface area contributed by atoms with Crippen molar-refractivity contribution in [2.45, 2.75) is 6.54 Å². The number of aromatic nitrogens is 4. The maximum atomic E-state index is 13.7. The summed E-state index contributed by atoms with van der Waals surface area (Å²) in [5.74, 6) is 0.167. The van der Waals surface area contributed by atoms with Gasteiger partial charge in [0.2, 0.25) is 0 Å². The molecule has 6 nitrogen and oxygen atoms in total. The number of hydrogen-bond acceptors (Lipinski definition) is 5. The number of nitrogens with zero attached hydrogens (tertiary/aromatic N) is 4. The maximum absolute atomic E-state index is 13.7. The third-order valence-electron chi connectivity index (χ3n) is 3.13. The predicted molar refractivity (Wildman–Crippen MR) is 77.6 cm³/mol. The van der Waals surface area contributed by atoms with E-state index in [1.807, 2.05) is 0 Å². The molecule has 0 aliphatic heterocycles. The summed E-state index contributed by atoms with van der Waals surface area (Å²) >= 11 is 0. The van der Waals surface area contributed by atoms with Gasteiger partial charge in [0.25, 0.3) is 0 Å². The van der Waals surface area contributed by atoms with Crippen molar-refractivity contribution in [2.24, 2.45) is 0 Å². The molecule has 2 aromatic carbocycles. The van der Waals surface area contributed by atoms with Crippen LogP contribution >= 0.6 is 0 Å². The summed E-state index contributed by atoms with van der Waals surface area (Å²) in [5.41, 5.74) is 13.8. The fourth-order valence-electron chi connectivity index (χ4n) is 2.08. The Bertz CT molecular complexity index is 783. The minimum absolute atomic E-state index is 0.221. The second kappa shape index (κ2) is 5.20. The Morgan fingerprint density at radius 3 is 2.67 bits per heavy atom. The molecule has 0 fully saturated rings. The van der Waals surface area contributed by atoms with Gasteiger partial charge in [0.05, 0.1) is 6.54 Å². The zero-order chi connectivity index (χ0) is 14.8. The number of nitrogens with two attached hydrogens (primary N) is 2. The maximum Gasteiger partial charge on any atom is 0.184 e. The lowest BCUT2D eigenvalue weighted by Gasteiger charge is -2.08. The highest BCUT2D eigenvalue weighted by molar-refractivity contribution is 5.74. The molecule has 0 atom stereocenters. The van der Waals surface area contributed by atoms with E-state index in [0.29, 0.717) is 28.3 Å². The molecule has 7 heteroatoms. The van der Waals surface area contributed by atoms with Gasteiger partial charge in [-0.25, -0.2) is 9.07 Å². The number of anilines is 2. The van der Waals surface area contributed by atoms with Crippen LogP contribution in [0.25, 0.3) is 11.4 Å². The highest BCUT2D eigenvalue weighted by Crippen LogP contribution is 2.25. The molecule has 0 bridgehead atoms. The molecule has 0 aliphatic rings. The SMILES string of the molecule is Nc1ccc(-c2nnnn2Cc2ccccc2F)c(N)c1. The zero-order valence-corrected chi connectivity index (χ0v) is 11.1. The van der Waals surface area contributed by atoms with Crippen molar-refractivity contribution in [3.63, 3.8) is 0 Å². The van der Waals surface area contributed by atoms with Gasteiger partial charge in [0.1, 0.15) is 5.82 Å².